The molecule has 2 unspecified atom stereocenters. The molecule has 9 amide bonds. The van der Waals surface area contributed by atoms with E-state index in [0.29, 0.717) is 68.3 Å². The molecular formula is C58H64F2N9O12P. The molecule has 1 aromatic heterocycles. The molecule has 432 valence electrons. The summed E-state index contributed by atoms with van der Waals surface area (Å²) in [4.78, 5) is 149. The fourth-order valence-corrected chi connectivity index (χ4v) is 12.0. The van der Waals surface area contributed by atoms with E-state index in [1.54, 1.807) is 47.4 Å². The summed E-state index contributed by atoms with van der Waals surface area (Å²) < 4.78 is 40.8. The Morgan fingerprint density at radius 3 is 2.38 bits per heavy atom. The first-order valence-electron chi connectivity index (χ1n) is 27.6. The highest BCUT2D eigenvalue weighted by Crippen LogP contribution is 2.59. The third-order valence-electron chi connectivity index (χ3n) is 16.2. The molecule has 4 aromatic rings. The highest BCUT2D eigenvalue weighted by molar-refractivity contribution is 7.52. The van der Waals surface area contributed by atoms with Crippen molar-refractivity contribution >= 4 is 71.7 Å². The number of alkyl halides is 2. The third-order valence-corrected chi connectivity index (χ3v) is 17.2. The second kappa shape index (κ2) is 24.7. The minimum atomic E-state index is -5.90. The fourth-order valence-electron chi connectivity index (χ4n) is 11.5. The van der Waals surface area contributed by atoms with E-state index in [2.05, 4.69) is 38.1 Å². The number of hydrogen-bond donors (Lipinski definition) is 7. The van der Waals surface area contributed by atoms with Crippen LogP contribution in [0.2, 0.25) is 0 Å². The number of pyridine rings is 1. The Kier molecular flexibility index (Phi) is 17.7. The predicted octanol–water partition coefficient (Wildman–Crippen LogP) is 4.04. The number of likely N-dealkylation sites (tertiary alicyclic amines) is 2. The summed E-state index contributed by atoms with van der Waals surface area (Å²) in [6, 6.07) is 12.4. The lowest BCUT2D eigenvalue weighted by molar-refractivity contribution is -0.142. The third kappa shape index (κ3) is 12.9. The van der Waals surface area contributed by atoms with Crippen molar-refractivity contribution in [3.63, 3.8) is 0 Å². The van der Waals surface area contributed by atoms with E-state index in [1.807, 2.05) is 13.0 Å². The van der Waals surface area contributed by atoms with Crippen LogP contribution in [-0.4, -0.2) is 126 Å². The Bertz CT molecular complexity index is 3320. The highest BCUT2D eigenvalue weighted by atomic mass is 31.2. The number of piperidine rings is 3. The van der Waals surface area contributed by atoms with Gasteiger partial charge in [-0.3, -0.25) is 58.0 Å². The van der Waals surface area contributed by atoms with E-state index in [1.165, 1.54) is 22.1 Å². The number of carbonyl (C=O) groups is 9. The van der Waals surface area contributed by atoms with E-state index in [-0.39, 0.29) is 97.1 Å². The van der Waals surface area contributed by atoms with Crippen molar-refractivity contribution in [3.05, 3.63) is 112 Å². The van der Waals surface area contributed by atoms with Gasteiger partial charge in [-0.15, -0.1) is 0 Å². The van der Waals surface area contributed by atoms with Gasteiger partial charge in [-0.2, -0.15) is 8.78 Å². The summed E-state index contributed by atoms with van der Waals surface area (Å²) in [7, 11) is -5.90. The normalized spacial score (nSPS) is 20.8. The van der Waals surface area contributed by atoms with Crippen LogP contribution in [0.1, 0.15) is 133 Å². The summed E-state index contributed by atoms with van der Waals surface area (Å²) in [6.07, 6.45) is 5.53. The van der Waals surface area contributed by atoms with Gasteiger partial charge in [-0.1, -0.05) is 74.1 Å². The number of nitrogens with two attached hydrogens (primary N) is 1. The predicted molar refractivity (Wildman–Crippen MR) is 291 cm³/mol. The number of unbranched alkanes of at least 4 members (excludes halogenated alkanes) is 1. The van der Waals surface area contributed by atoms with Gasteiger partial charge in [0, 0.05) is 73.7 Å². The molecule has 3 aromatic carbocycles. The van der Waals surface area contributed by atoms with Crippen LogP contribution >= 0.6 is 7.60 Å². The number of fused-ring (bicyclic) bond motifs is 3. The molecule has 5 heterocycles. The van der Waals surface area contributed by atoms with Gasteiger partial charge < -0.3 is 46.2 Å². The molecule has 24 heteroatoms. The van der Waals surface area contributed by atoms with Crippen molar-refractivity contribution in [1.82, 2.24) is 41.0 Å². The van der Waals surface area contributed by atoms with Crippen LogP contribution in [0.15, 0.2) is 79.0 Å². The number of rotatable bonds is 20. The van der Waals surface area contributed by atoms with Crippen LogP contribution in [0.4, 0.5) is 8.78 Å². The van der Waals surface area contributed by atoms with Crippen LogP contribution in [0.25, 0.3) is 10.9 Å². The zero-order chi connectivity index (χ0) is 58.6. The molecule has 9 rings (SSSR count). The average molecular weight is 1150 g/mol. The molecule has 21 nitrogen and oxygen atoms in total. The van der Waals surface area contributed by atoms with Crippen molar-refractivity contribution in [2.24, 2.45) is 23.5 Å². The van der Waals surface area contributed by atoms with E-state index < -0.39 is 84.5 Å². The number of benzene rings is 3. The summed E-state index contributed by atoms with van der Waals surface area (Å²) in [5, 5.41) is 10.6. The highest BCUT2D eigenvalue weighted by Gasteiger charge is 2.58. The lowest BCUT2D eigenvalue weighted by atomic mass is 9.91. The molecule has 4 aliphatic heterocycles. The second-order valence-corrected chi connectivity index (χ2v) is 23.4. The zero-order valence-corrected chi connectivity index (χ0v) is 45.9. The molecular weight excluding hydrogens is 1080 g/mol. The number of halogens is 2. The maximum absolute atomic E-state index is 14.6. The summed E-state index contributed by atoms with van der Waals surface area (Å²) in [5.74, 6) is 1.31. The fraction of sp³-hybridized carbons (Fsp3) is 0.448. The number of imide groups is 1. The van der Waals surface area contributed by atoms with Gasteiger partial charge in [-0.25, -0.2) is 0 Å². The van der Waals surface area contributed by atoms with Crippen molar-refractivity contribution < 1.29 is 66.3 Å². The molecule has 0 spiro atoms. The minimum absolute atomic E-state index is 0.0185. The number of carbonyl (C=O) groups excluding carboxylic acids is 9. The smallest absolute Gasteiger partial charge is 0.370 e. The van der Waals surface area contributed by atoms with Crippen LogP contribution < -0.4 is 27.0 Å². The number of amides is 9. The Hall–Kier alpha value is -7.93. The first kappa shape index (κ1) is 58.7. The minimum Gasteiger partial charge on any atom is -0.370 e. The molecule has 5 aliphatic rings. The molecule has 82 heavy (non-hydrogen) atoms. The maximum atomic E-state index is 14.6. The second-order valence-electron chi connectivity index (χ2n) is 21.7. The van der Waals surface area contributed by atoms with Crippen molar-refractivity contribution in [3.8, 4) is 11.8 Å². The first-order valence-corrected chi connectivity index (χ1v) is 29.2. The van der Waals surface area contributed by atoms with Crippen molar-refractivity contribution in [2.45, 2.75) is 126 Å². The number of primary amides is 1. The number of nitrogens with zero attached hydrogens (tertiary/aromatic N) is 4. The van der Waals surface area contributed by atoms with E-state index >= 15 is 0 Å². The Labute approximate surface area is 471 Å². The van der Waals surface area contributed by atoms with Crippen LogP contribution in [-0.2, 0) is 50.3 Å². The van der Waals surface area contributed by atoms with E-state index in [4.69, 9.17) is 5.73 Å². The number of hydrogen-bond acceptors (Lipinski definition) is 11. The van der Waals surface area contributed by atoms with Gasteiger partial charge in [0.15, 0.2) is 0 Å². The molecule has 0 radical (unpaired) electrons. The maximum Gasteiger partial charge on any atom is 0.399 e. The van der Waals surface area contributed by atoms with Crippen LogP contribution in [0.3, 0.4) is 0 Å². The summed E-state index contributed by atoms with van der Waals surface area (Å²) in [6.45, 7) is 3.04. The Morgan fingerprint density at radius 1 is 0.915 bits per heavy atom. The first-order chi connectivity index (χ1) is 39.1. The average Bonchev–Trinajstić information content (AvgIpc) is 4.03. The molecule has 8 N–H and O–H groups in total. The Balaban J connectivity index is 0.832. The van der Waals surface area contributed by atoms with Gasteiger partial charge in [-0.05, 0) is 104 Å². The molecule has 1 saturated carbocycles. The molecule has 7 atom stereocenters. The number of aromatic nitrogens is 1. The lowest BCUT2D eigenvalue weighted by Crippen LogP contribution is -2.58. The van der Waals surface area contributed by atoms with E-state index in [9.17, 15) is 66.3 Å². The zero-order valence-electron chi connectivity index (χ0n) is 45.0. The van der Waals surface area contributed by atoms with Crippen molar-refractivity contribution in [2.75, 3.05) is 19.6 Å². The monoisotopic (exact) mass is 1150 g/mol. The standard InChI is InChI=1S/C58H64F2N9O12P/c1-2-3-16-45(64-51(72)37-27-36-28-39(17-18-43(36)62-30-37)58(59,60)82(79,80)81)56(77)69-31-38-29-41(38)50(69)54(75)63-44(19-21-47(61)70)52(73)66-49(35-12-5-4-6-13-35)57(78)67-25-23-33(24-26-67)10-7-8-11-34-14-9-15-40-42(34)32-68(55(40)76)46-20-22-48(71)65-53(46)74/h4-6,9,12-15,17-18,27-28,30,33,38,41,44-46,49-50H,2-3,7,10,16,19-26,29,31-32H2,1H3,(H2,61,70)(H,63,75)(H,64,72)(H,66,73)(H,65,71,74)(H2,79,80,81)/t38?,41-,44+,45+,46?,49+,50+/m1/s1. The largest absolute Gasteiger partial charge is 0.399 e. The molecule has 3 saturated heterocycles. The molecule has 0 bridgehead atoms. The summed E-state index contributed by atoms with van der Waals surface area (Å²) >= 11 is 0. The quantitative estimate of drug-likeness (QED) is 0.0374. The topological polar surface area (TPSA) is 308 Å². The van der Waals surface area contributed by atoms with Gasteiger partial charge >= 0.3 is 13.3 Å². The van der Waals surface area contributed by atoms with Gasteiger partial charge in [0.1, 0.15) is 30.2 Å². The summed E-state index contributed by atoms with van der Waals surface area (Å²) in [5.41, 5.74) is 2.46. The lowest BCUT2D eigenvalue weighted by Gasteiger charge is -2.35. The van der Waals surface area contributed by atoms with Crippen LogP contribution in [0, 0.1) is 29.6 Å². The SMILES string of the molecule is CCCC[C@H](NC(=O)c1cnc2ccc(C(F)(F)P(=O)(O)O)cc2c1)C(=O)N1CC2C[C@H]2[C@H]1C(=O)N[C@@H](CCC(N)=O)C(=O)N[C@H](C(=O)N1CCC(CCC#Cc2cccc3c2CN(C2CCC(=O)NC2=O)C3=O)CC1)c1ccccc1. The molecule has 1 aliphatic carbocycles. The number of nitrogens with one attached hydrogen (secondary N) is 4. The van der Waals surface area contributed by atoms with Gasteiger partial charge in [0.2, 0.25) is 41.4 Å². The molecule has 4 fully saturated rings. The van der Waals surface area contributed by atoms with E-state index in [0.717, 1.165) is 30.2 Å². The van der Waals surface area contributed by atoms with Gasteiger partial charge in [0.05, 0.1) is 11.1 Å². The van der Waals surface area contributed by atoms with Gasteiger partial charge in [0.25, 0.3) is 11.8 Å². The Morgan fingerprint density at radius 2 is 1.67 bits per heavy atom. The van der Waals surface area contributed by atoms with Crippen LogP contribution in [0.5, 0.6) is 0 Å². The van der Waals surface area contributed by atoms with Crippen molar-refractivity contribution in [1.29, 1.82) is 0 Å².